The molecule has 0 unspecified atom stereocenters. The van der Waals surface area contributed by atoms with Gasteiger partial charge in [0.15, 0.2) is 0 Å². The molecule has 3 aliphatic rings. The maximum absolute atomic E-state index is 2.47. The molecule has 0 spiro atoms. The number of aryl methyl sites for hydroxylation is 3. The zero-order chi connectivity index (χ0) is 53.9. The minimum absolute atomic E-state index is 0.265. The Balaban J connectivity index is 0.000000100. The lowest BCUT2D eigenvalue weighted by molar-refractivity contribution is 1.18. The van der Waals surface area contributed by atoms with E-state index in [4.69, 9.17) is 0 Å². The number of fused-ring (bicyclic) bond motifs is 15. The fourth-order valence-corrected chi connectivity index (χ4v) is 14.5. The van der Waals surface area contributed by atoms with Gasteiger partial charge in [-0.1, -0.05) is 270 Å². The third-order valence-corrected chi connectivity index (χ3v) is 17.8. The van der Waals surface area contributed by atoms with Gasteiger partial charge in [0.05, 0.1) is 16.6 Å². The number of para-hydroxylation sites is 7. The average Bonchev–Trinajstić information content (AvgIpc) is 4.40. The summed E-state index contributed by atoms with van der Waals surface area (Å²) in [6.45, 7) is 7.38. The summed E-state index contributed by atoms with van der Waals surface area (Å²) in [6, 6.07) is 100.0. The normalized spacial score (nSPS) is 12.6. The van der Waals surface area contributed by atoms with Crippen LogP contribution in [0.4, 0.5) is 0 Å². The molecule has 0 bridgehead atoms. The molecule has 0 radical (unpaired) electrons. The Morgan fingerprint density at radius 1 is 0.247 bits per heavy atom. The van der Waals surface area contributed by atoms with Crippen LogP contribution in [0.2, 0.25) is 0 Å². The first-order valence-electron chi connectivity index (χ1n) is 28.5. The highest BCUT2D eigenvalue weighted by molar-refractivity contribution is 6.99. The highest BCUT2D eigenvalue weighted by atomic mass is 15.0. The van der Waals surface area contributed by atoms with Gasteiger partial charge in [0.2, 0.25) is 20.1 Å². The number of aromatic nitrogens is 3. The highest BCUT2D eigenvalue weighted by Crippen LogP contribution is 2.36. The lowest BCUT2D eigenvalue weighted by atomic mass is 9.35. The molecule has 6 heteroatoms. The zero-order valence-corrected chi connectivity index (χ0v) is 45.6. The van der Waals surface area contributed by atoms with Crippen molar-refractivity contribution in [3.63, 3.8) is 0 Å². The number of hydrogen-bond acceptors (Lipinski definition) is 0. The summed E-state index contributed by atoms with van der Waals surface area (Å²) < 4.78 is 7.40. The first kappa shape index (κ1) is 47.3. The Bertz CT molecular complexity index is 4990. The number of hydrogen-bond donors (Lipinski definition) is 0. The molecular formula is C75H54B3N3. The lowest BCUT2D eigenvalue weighted by Crippen LogP contribution is -2.56. The molecule has 378 valence electrons. The SMILES string of the molecule is Cc1ccc(B2c3ccccc3-n3c4ccccc4c4cccc2c43)cc1.Cc1ccc2c(c1)B(c1ccccc1)c1cccc3c4ccccc4n-2c13.Cc1cccc2c1B(c1ccccc1)c1cccc3c4ccccc4n-2c13. The molecule has 6 heterocycles. The van der Waals surface area contributed by atoms with Gasteiger partial charge in [-0.05, 0) is 89.9 Å². The van der Waals surface area contributed by atoms with Crippen molar-refractivity contribution in [3.8, 4) is 17.1 Å². The molecule has 81 heavy (non-hydrogen) atoms. The van der Waals surface area contributed by atoms with Crippen molar-refractivity contribution < 1.29 is 0 Å². The van der Waals surface area contributed by atoms with Gasteiger partial charge in [-0.25, -0.2) is 0 Å². The largest absolute Gasteiger partial charge is 0.310 e. The predicted molar refractivity (Wildman–Crippen MR) is 350 cm³/mol. The molecule has 0 aliphatic carbocycles. The van der Waals surface area contributed by atoms with E-state index in [9.17, 15) is 0 Å². The third-order valence-electron chi connectivity index (χ3n) is 17.8. The van der Waals surface area contributed by atoms with Crippen LogP contribution in [-0.2, 0) is 0 Å². The highest BCUT2D eigenvalue weighted by Gasteiger charge is 2.36. The van der Waals surface area contributed by atoms with Crippen LogP contribution in [-0.4, -0.2) is 33.8 Å². The van der Waals surface area contributed by atoms with Crippen LogP contribution in [0.1, 0.15) is 16.7 Å². The van der Waals surface area contributed by atoms with Gasteiger partial charge in [0.25, 0.3) is 0 Å². The average molecular weight is 1030 g/mol. The van der Waals surface area contributed by atoms with E-state index in [1.165, 1.54) is 148 Å². The van der Waals surface area contributed by atoms with Crippen molar-refractivity contribution in [3.05, 3.63) is 290 Å². The van der Waals surface area contributed by atoms with E-state index in [0.717, 1.165) is 0 Å². The second-order valence-electron chi connectivity index (χ2n) is 22.4. The molecule has 0 fully saturated rings. The fourth-order valence-electron chi connectivity index (χ4n) is 14.5. The molecule has 3 aliphatic heterocycles. The second-order valence-corrected chi connectivity index (χ2v) is 22.4. The minimum atomic E-state index is 0.265. The monoisotopic (exact) mass is 1030 g/mol. The maximum Gasteiger partial charge on any atom is 0.247 e. The molecule has 0 amide bonds. The molecule has 0 atom stereocenters. The molecule has 0 saturated heterocycles. The van der Waals surface area contributed by atoms with E-state index in [1.54, 1.807) is 0 Å². The van der Waals surface area contributed by atoms with Crippen LogP contribution in [0.25, 0.3) is 82.5 Å². The maximum atomic E-state index is 2.47. The van der Waals surface area contributed by atoms with E-state index in [1.807, 2.05) is 0 Å². The molecule has 3 nitrogen and oxygen atoms in total. The first-order valence-corrected chi connectivity index (χ1v) is 28.5. The van der Waals surface area contributed by atoms with Gasteiger partial charge in [0, 0.05) is 65.9 Å². The predicted octanol–water partition coefficient (Wildman–Crippen LogP) is 11.8. The Hall–Kier alpha value is -9.77. The van der Waals surface area contributed by atoms with Crippen molar-refractivity contribution in [2.24, 2.45) is 0 Å². The van der Waals surface area contributed by atoms with Crippen LogP contribution in [0, 0.1) is 20.8 Å². The van der Waals surface area contributed by atoms with Gasteiger partial charge < -0.3 is 13.7 Å². The minimum Gasteiger partial charge on any atom is -0.310 e. The Morgan fingerprint density at radius 3 is 1.17 bits per heavy atom. The molecule has 0 saturated carbocycles. The molecule has 18 rings (SSSR count). The van der Waals surface area contributed by atoms with Crippen molar-refractivity contribution in [1.29, 1.82) is 0 Å². The van der Waals surface area contributed by atoms with Gasteiger partial charge in [-0.15, -0.1) is 0 Å². The summed E-state index contributed by atoms with van der Waals surface area (Å²) in [5.74, 6) is 0. The quantitative estimate of drug-likeness (QED) is 0.157. The van der Waals surface area contributed by atoms with E-state index < -0.39 is 0 Å². The summed E-state index contributed by atoms with van der Waals surface area (Å²) in [5.41, 5.74) is 28.2. The molecule has 12 aromatic carbocycles. The molecular weight excluding hydrogens is 975 g/mol. The Morgan fingerprint density at radius 2 is 0.617 bits per heavy atom. The van der Waals surface area contributed by atoms with Crippen LogP contribution >= 0.6 is 0 Å². The van der Waals surface area contributed by atoms with Crippen molar-refractivity contribution in [2.75, 3.05) is 0 Å². The van der Waals surface area contributed by atoms with Gasteiger partial charge >= 0.3 is 0 Å². The van der Waals surface area contributed by atoms with E-state index >= 15 is 0 Å². The summed E-state index contributed by atoms with van der Waals surface area (Å²) in [6.07, 6.45) is 0. The summed E-state index contributed by atoms with van der Waals surface area (Å²) in [7, 11) is 0. The number of benzene rings is 12. The van der Waals surface area contributed by atoms with E-state index in [-0.39, 0.29) is 20.1 Å². The van der Waals surface area contributed by atoms with Gasteiger partial charge in [0.1, 0.15) is 0 Å². The molecule has 3 aromatic heterocycles. The Kier molecular flexibility index (Phi) is 10.9. The van der Waals surface area contributed by atoms with Gasteiger partial charge in [-0.2, -0.15) is 0 Å². The van der Waals surface area contributed by atoms with E-state index in [0.29, 0.717) is 0 Å². The Labute approximate surface area is 473 Å². The standard InChI is InChI=1S/3C25H18BN/c1-17-13-15-18(16-14-17)26-21-9-3-5-12-24(21)27-23-11-4-2-7-19(23)20-8-6-10-22(26)25(20)27;1-17-9-7-16-23-24(17)26(18-10-3-2-4-11-18)21-14-8-13-20-19-12-5-6-15-22(19)27(23)25(20)21;1-17-14-15-24-22(16-17)26(18-8-3-2-4-9-18)21-12-7-11-20-19-10-5-6-13-23(19)27(24)25(20)21/h3*2-16H,1H3. The summed E-state index contributed by atoms with van der Waals surface area (Å²) in [4.78, 5) is 0. The topological polar surface area (TPSA) is 14.8 Å². The number of nitrogens with zero attached hydrogens (tertiary/aromatic N) is 3. The second kappa shape index (κ2) is 18.7. The van der Waals surface area contributed by atoms with Crippen molar-refractivity contribution in [1.82, 2.24) is 13.7 Å². The van der Waals surface area contributed by atoms with Crippen LogP contribution < -0.4 is 49.2 Å². The van der Waals surface area contributed by atoms with Crippen LogP contribution in [0.15, 0.2) is 273 Å². The van der Waals surface area contributed by atoms with E-state index in [2.05, 4.69) is 307 Å². The smallest absolute Gasteiger partial charge is 0.247 e. The van der Waals surface area contributed by atoms with Crippen molar-refractivity contribution in [2.45, 2.75) is 20.8 Å². The number of rotatable bonds is 3. The first-order chi connectivity index (χ1) is 40.0. The fraction of sp³-hybridized carbons (Fsp3) is 0.0400. The summed E-state index contributed by atoms with van der Waals surface area (Å²) in [5, 5.41) is 8.01. The lowest BCUT2D eigenvalue weighted by Gasteiger charge is -2.28. The van der Waals surface area contributed by atoms with Crippen LogP contribution in [0.3, 0.4) is 0 Å². The zero-order valence-electron chi connectivity index (χ0n) is 45.6. The third kappa shape index (κ3) is 7.19. The summed E-state index contributed by atoms with van der Waals surface area (Å²) >= 11 is 0. The van der Waals surface area contributed by atoms with Crippen molar-refractivity contribution >= 4 is 135 Å². The van der Waals surface area contributed by atoms with Gasteiger partial charge in [-0.3, -0.25) is 0 Å². The molecule has 15 aromatic rings. The molecule has 0 N–H and O–H groups in total. The van der Waals surface area contributed by atoms with Crippen LogP contribution in [0.5, 0.6) is 0 Å².